The maximum Gasteiger partial charge on any atom is 0.236 e. The van der Waals surface area contributed by atoms with E-state index in [1.807, 2.05) is 13.0 Å². The third kappa shape index (κ3) is 4.40. The molecule has 0 aliphatic rings. The fraction of sp³-hybridized carbons (Fsp3) is 0.500. The van der Waals surface area contributed by atoms with E-state index < -0.39 is 0 Å². The van der Waals surface area contributed by atoms with Gasteiger partial charge in [0.05, 0.1) is 13.7 Å². The van der Waals surface area contributed by atoms with Crippen LogP contribution >= 0.6 is 0 Å². The largest absolute Gasteiger partial charge is 0.481 e. The predicted molar refractivity (Wildman–Crippen MR) is 65.8 cm³/mol. The lowest BCUT2D eigenvalue weighted by Gasteiger charge is -2.14. The van der Waals surface area contributed by atoms with Crippen LogP contribution in [0.3, 0.4) is 0 Å². The average Bonchev–Trinajstić information content (AvgIpc) is 2.38. The molecule has 0 unspecified atom stereocenters. The number of nitrogens with one attached hydrogen (secondary N) is 1. The maximum atomic E-state index is 11.5. The summed E-state index contributed by atoms with van der Waals surface area (Å²) in [6, 6.07) is 3.73. The van der Waals surface area contributed by atoms with Crippen LogP contribution in [0.5, 0.6) is 5.88 Å². The number of rotatable bonds is 6. The maximum absolute atomic E-state index is 11.5. The van der Waals surface area contributed by atoms with Gasteiger partial charge in [-0.25, -0.2) is 4.98 Å². The second kappa shape index (κ2) is 6.85. The highest BCUT2D eigenvalue weighted by Crippen LogP contribution is 2.05. The van der Waals surface area contributed by atoms with E-state index in [-0.39, 0.29) is 5.91 Å². The molecule has 0 spiro atoms. The Morgan fingerprint density at radius 1 is 1.53 bits per heavy atom. The molecule has 0 aliphatic heterocycles. The smallest absolute Gasteiger partial charge is 0.236 e. The van der Waals surface area contributed by atoms with Crippen LogP contribution in [-0.2, 0) is 11.3 Å². The molecule has 0 saturated heterocycles. The number of hydrogen-bond donors (Lipinski definition) is 1. The number of amides is 1. The molecule has 1 aromatic heterocycles. The molecule has 0 bridgehead atoms. The summed E-state index contributed by atoms with van der Waals surface area (Å²) >= 11 is 0. The van der Waals surface area contributed by atoms with E-state index in [9.17, 15) is 4.79 Å². The third-order valence-corrected chi connectivity index (χ3v) is 2.51. The lowest BCUT2D eigenvalue weighted by molar-refractivity contribution is -0.128. The van der Waals surface area contributed by atoms with Crippen molar-refractivity contribution in [2.45, 2.75) is 13.5 Å². The monoisotopic (exact) mass is 237 g/mol. The lowest BCUT2D eigenvalue weighted by Crippen LogP contribution is -2.35. The van der Waals surface area contributed by atoms with Crippen LogP contribution in [0.25, 0.3) is 0 Å². The zero-order valence-electron chi connectivity index (χ0n) is 10.6. The van der Waals surface area contributed by atoms with Crippen molar-refractivity contribution < 1.29 is 9.53 Å². The van der Waals surface area contributed by atoms with Gasteiger partial charge in [0.1, 0.15) is 0 Å². The molecule has 1 N–H and O–H groups in total. The van der Waals surface area contributed by atoms with E-state index in [0.717, 1.165) is 12.1 Å². The summed E-state index contributed by atoms with van der Waals surface area (Å²) in [7, 11) is 3.37. The lowest BCUT2D eigenvalue weighted by atomic mass is 10.3. The molecule has 1 heterocycles. The van der Waals surface area contributed by atoms with Gasteiger partial charge < -0.3 is 15.0 Å². The number of ether oxygens (including phenoxy) is 1. The van der Waals surface area contributed by atoms with Gasteiger partial charge in [-0.3, -0.25) is 4.79 Å². The zero-order valence-corrected chi connectivity index (χ0v) is 10.6. The van der Waals surface area contributed by atoms with Crippen molar-refractivity contribution in [3.63, 3.8) is 0 Å². The summed E-state index contributed by atoms with van der Waals surface area (Å²) in [6.45, 7) is 3.65. The molecule has 1 rings (SSSR count). The molecular formula is C12H19N3O2. The number of methoxy groups -OCH3 is 1. The van der Waals surface area contributed by atoms with Crippen LogP contribution in [0, 0.1) is 0 Å². The van der Waals surface area contributed by atoms with Crippen LogP contribution in [-0.4, -0.2) is 43.0 Å². The van der Waals surface area contributed by atoms with E-state index in [0.29, 0.717) is 19.0 Å². The van der Waals surface area contributed by atoms with Gasteiger partial charge in [0.25, 0.3) is 0 Å². The van der Waals surface area contributed by atoms with Crippen LogP contribution in [0.15, 0.2) is 18.3 Å². The molecule has 0 aliphatic carbocycles. The van der Waals surface area contributed by atoms with Crippen molar-refractivity contribution in [2.24, 2.45) is 0 Å². The molecule has 0 fully saturated rings. The third-order valence-electron chi connectivity index (χ3n) is 2.51. The van der Waals surface area contributed by atoms with Gasteiger partial charge in [-0.15, -0.1) is 0 Å². The summed E-state index contributed by atoms with van der Waals surface area (Å²) in [4.78, 5) is 17.3. The fourth-order valence-corrected chi connectivity index (χ4v) is 1.26. The number of carbonyl (C=O) groups excluding carboxylic acids is 1. The predicted octanol–water partition coefficient (Wildman–Crippen LogP) is 0.658. The topological polar surface area (TPSA) is 54.5 Å². The standard InChI is InChI=1S/C12H19N3O2/c1-4-15(2)12(16)9-13-7-10-5-6-11(17-3)14-8-10/h5-6,8,13H,4,7,9H2,1-3H3. The van der Waals surface area contributed by atoms with Gasteiger partial charge in [0, 0.05) is 32.4 Å². The summed E-state index contributed by atoms with van der Waals surface area (Å²) in [6.07, 6.45) is 1.74. The molecule has 94 valence electrons. The van der Waals surface area contributed by atoms with Crippen LogP contribution in [0.1, 0.15) is 12.5 Å². The Hall–Kier alpha value is -1.62. The second-order valence-corrected chi connectivity index (χ2v) is 3.72. The van der Waals surface area contributed by atoms with E-state index >= 15 is 0 Å². The Bertz CT molecular complexity index is 351. The quantitative estimate of drug-likeness (QED) is 0.789. The Morgan fingerprint density at radius 2 is 2.29 bits per heavy atom. The molecule has 0 saturated carbocycles. The molecule has 0 radical (unpaired) electrons. The molecule has 5 heteroatoms. The van der Waals surface area contributed by atoms with Crippen molar-refractivity contribution in [1.82, 2.24) is 15.2 Å². The highest BCUT2D eigenvalue weighted by atomic mass is 16.5. The van der Waals surface area contributed by atoms with E-state index in [1.54, 1.807) is 31.3 Å². The van der Waals surface area contributed by atoms with Crippen molar-refractivity contribution in [1.29, 1.82) is 0 Å². The Balaban J connectivity index is 2.33. The van der Waals surface area contributed by atoms with Crippen LogP contribution < -0.4 is 10.1 Å². The molecule has 0 aromatic carbocycles. The number of nitrogens with zero attached hydrogens (tertiary/aromatic N) is 2. The average molecular weight is 237 g/mol. The van der Waals surface area contributed by atoms with Gasteiger partial charge in [0.2, 0.25) is 11.8 Å². The minimum Gasteiger partial charge on any atom is -0.481 e. The number of aromatic nitrogens is 1. The minimum absolute atomic E-state index is 0.0916. The zero-order chi connectivity index (χ0) is 12.7. The first-order chi connectivity index (χ1) is 8.17. The SMILES string of the molecule is CCN(C)C(=O)CNCc1ccc(OC)nc1. The van der Waals surface area contributed by atoms with Crippen molar-refractivity contribution >= 4 is 5.91 Å². The summed E-state index contributed by atoms with van der Waals surface area (Å²) in [5, 5.41) is 3.08. The highest BCUT2D eigenvalue weighted by molar-refractivity contribution is 5.77. The molecule has 5 nitrogen and oxygen atoms in total. The fourth-order valence-electron chi connectivity index (χ4n) is 1.26. The Kier molecular flexibility index (Phi) is 5.42. The number of likely N-dealkylation sites (N-methyl/N-ethyl adjacent to an activating group) is 1. The summed E-state index contributed by atoms with van der Waals surface area (Å²) < 4.78 is 4.97. The van der Waals surface area contributed by atoms with Crippen LogP contribution in [0.4, 0.5) is 0 Å². The van der Waals surface area contributed by atoms with Gasteiger partial charge in [-0.2, -0.15) is 0 Å². The van der Waals surface area contributed by atoms with Gasteiger partial charge in [-0.05, 0) is 12.5 Å². The molecule has 1 aromatic rings. The minimum atomic E-state index is 0.0916. The first kappa shape index (κ1) is 13.4. The number of pyridine rings is 1. The highest BCUT2D eigenvalue weighted by Gasteiger charge is 2.05. The van der Waals surface area contributed by atoms with E-state index in [4.69, 9.17) is 4.74 Å². The van der Waals surface area contributed by atoms with Crippen molar-refractivity contribution in [2.75, 3.05) is 27.2 Å². The Morgan fingerprint density at radius 3 is 2.82 bits per heavy atom. The van der Waals surface area contributed by atoms with Gasteiger partial charge >= 0.3 is 0 Å². The molecule has 0 atom stereocenters. The van der Waals surface area contributed by atoms with Crippen LogP contribution in [0.2, 0.25) is 0 Å². The molecule has 17 heavy (non-hydrogen) atoms. The van der Waals surface area contributed by atoms with E-state index in [1.165, 1.54) is 0 Å². The van der Waals surface area contributed by atoms with Crippen molar-refractivity contribution in [3.8, 4) is 5.88 Å². The van der Waals surface area contributed by atoms with Gasteiger partial charge in [0.15, 0.2) is 0 Å². The summed E-state index contributed by atoms with van der Waals surface area (Å²) in [5.74, 6) is 0.685. The van der Waals surface area contributed by atoms with Gasteiger partial charge in [-0.1, -0.05) is 6.07 Å². The molecular weight excluding hydrogens is 218 g/mol. The normalized spacial score (nSPS) is 10.1. The first-order valence-corrected chi connectivity index (χ1v) is 5.61. The number of carbonyl (C=O) groups is 1. The summed E-state index contributed by atoms with van der Waals surface area (Å²) in [5.41, 5.74) is 1.03. The Labute approximate surface area is 102 Å². The first-order valence-electron chi connectivity index (χ1n) is 5.61. The number of hydrogen-bond acceptors (Lipinski definition) is 4. The molecule has 1 amide bonds. The van der Waals surface area contributed by atoms with E-state index in [2.05, 4.69) is 10.3 Å². The second-order valence-electron chi connectivity index (χ2n) is 3.72. The van der Waals surface area contributed by atoms with Crippen molar-refractivity contribution in [3.05, 3.63) is 23.9 Å².